The first-order chi connectivity index (χ1) is 9.16. The third-order valence-corrected chi connectivity index (χ3v) is 4.64. The smallest absolute Gasteiger partial charge is 0.124 e. The molecule has 0 aromatic heterocycles. The fourth-order valence-corrected chi connectivity index (χ4v) is 3.52. The van der Waals surface area contributed by atoms with E-state index in [1.54, 1.807) is 18.2 Å². The second-order valence-corrected chi connectivity index (χ2v) is 5.71. The molecule has 2 aliphatic heterocycles. The summed E-state index contributed by atoms with van der Waals surface area (Å²) in [6, 6.07) is 5.69. The van der Waals surface area contributed by atoms with Gasteiger partial charge in [0.15, 0.2) is 0 Å². The van der Waals surface area contributed by atoms with Gasteiger partial charge in [0, 0.05) is 31.7 Å². The molecule has 0 saturated carbocycles. The van der Waals surface area contributed by atoms with Gasteiger partial charge in [0.2, 0.25) is 0 Å². The first-order valence-electron chi connectivity index (χ1n) is 7.16. The van der Waals surface area contributed by atoms with Gasteiger partial charge in [-0.1, -0.05) is 6.07 Å². The summed E-state index contributed by atoms with van der Waals surface area (Å²) in [6.07, 6.45) is 2.57. The SMILES string of the molecule is CC(c1c(O)cccc1O)N1CCN2CCCC2C1. The van der Waals surface area contributed by atoms with Crippen molar-refractivity contribution >= 4 is 0 Å². The van der Waals surface area contributed by atoms with Crippen LogP contribution in [-0.4, -0.2) is 52.2 Å². The van der Waals surface area contributed by atoms with Crippen molar-refractivity contribution in [2.45, 2.75) is 31.8 Å². The third-order valence-electron chi connectivity index (χ3n) is 4.64. The summed E-state index contributed by atoms with van der Waals surface area (Å²) in [7, 11) is 0. The molecule has 4 heteroatoms. The van der Waals surface area contributed by atoms with Crippen molar-refractivity contribution in [1.29, 1.82) is 0 Å². The molecule has 0 bridgehead atoms. The average Bonchev–Trinajstić information content (AvgIpc) is 2.85. The Morgan fingerprint density at radius 2 is 1.89 bits per heavy atom. The Labute approximate surface area is 114 Å². The van der Waals surface area contributed by atoms with Gasteiger partial charge < -0.3 is 10.2 Å². The molecule has 2 N–H and O–H groups in total. The molecule has 0 radical (unpaired) electrons. The average molecular weight is 262 g/mol. The molecule has 4 nitrogen and oxygen atoms in total. The zero-order chi connectivity index (χ0) is 13.4. The fourth-order valence-electron chi connectivity index (χ4n) is 3.52. The first-order valence-corrected chi connectivity index (χ1v) is 7.16. The Bertz CT molecular complexity index is 443. The maximum absolute atomic E-state index is 9.98. The van der Waals surface area contributed by atoms with Crippen molar-refractivity contribution < 1.29 is 10.2 Å². The molecule has 0 spiro atoms. The molecule has 3 rings (SSSR count). The first kappa shape index (κ1) is 12.8. The van der Waals surface area contributed by atoms with Crippen LogP contribution in [0.3, 0.4) is 0 Å². The standard InChI is InChI=1S/C15H22N2O2/c1-11(15-13(18)5-2-6-14(15)19)17-9-8-16-7-3-4-12(16)10-17/h2,5-6,11-12,18-19H,3-4,7-10H2,1H3. The summed E-state index contributed by atoms with van der Waals surface area (Å²) in [6.45, 7) is 6.44. The Balaban J connectivity index is 1.78. The van der Waals surface area contributed by atoms with E-state index in [4.69, 9.17) is 0 Å². The van der Waals surface area contributed by atoms with Crippen LogP contribution in [0.15, 0.2) is 18.2 Å². The van der Waals surface area contributed by atoms with Gasteiger partial charge in [0.25, 0.3) is 0 Å². The molecule has 2 aliphatic rings. The molecule has 0 amide bonds. The Kier molecular flexibility index (Phi) is 3.37. The quantitative estimate of drug-likeness (QED) is 0.855. The lowest BCUT2D eigenvalue weighted by Crippen LogP contribution is -2.50. The summed E-state index contributed by atoms with van der Waals surface area (Å²) in [5, 5.41) is 20.0. The van der Waals surface area contributed by atoms with Crippen LogP contribution in [0.25, 0.3) is 0 Å². The molecule has 2 atom stereocenters. The maximum atomic E-state index is 9.98. The van der Waals surface area contributed by atoms with Gasteiger partial charge in [-0.15, -0.1) is 0 Å². The highest BCUT2D eigenvalue weighted by atomic mass is 16.3. The zero-order valence-corrected chi connectivity index (χ0v) is 11.4. The number of nitrogens with zero attached hydrogens (tertiary/aromatic N) is 2. The van der Waals surface area contributed by atoms with Crippen LogP contribution in [0, 0.1) is 0 Å². The summed E-state index contributed by atoms with van der Waals surface area (Å²) in [5.41, 5.74) is 0.661. The van der Waals surface area contributed by atoms with E-state index in [9.17, 15) is 10.2 Å². The van der Waals surface area contributed by atoms with Gasteiger partial charge in [0.05, 0.1) is 5.56 Å². The van der Waals surface area contributed by atoms with Crippen molar-refractivity contribution in [3.63, 3.8) is 0 Å². The van der Waals surface area contributed by atoms with Crippen LogP contribution >= 0.6 is 0 Å². The number of aromatic hydroxyl groups is 2. The number of benzene rings is 1. The number of phenolic OH excluding ortho intramolecular Hbond substituents is 2. The van der Waals surface area contributed by atoms with Gasteiger partial charge in [-0.2, -0.15) is 0 Å². The second-order valence-electron chi connectivity index (χ2n) is 5.71. The number of phenols is 2. The molecule has 0 aliphatic carbocycles. The second kappa shape index (κ2) is 5.02. The van der Waals surface area contributed by atoms with Gasteiger partial charge in [-0.3, -0.25) is 9.80 Å². The lowest BCUT2D eigenvalue weighted by Gasteiger charge is -2.40. The van der Waals surface area contributed by atoms with Crippen molar-refractivity contribution in [1.82, 2.24) is 9.80 Å². The Morgan fingerprint density at radius 3 is 2.63 bits per heavy atom. The highest BCUT2D eigenvalue weighted by Gasteiger charge is 2.33. The van der Waals surface area contributed by atoms with Gasteiger partial charge >= 0.3 is 0 Å². The minimum Gasteiger partial charge on any atom is -0.507 e. The monoisotopic (exact) mass is 262 g/mol. The van der Waals surface area contributed by atoms with Gasteiger partial charge in [0.1, 0.15) is 11.5 Å². The molecule has 2 saturated heterocycles. The van der Waals surface area contributed by atoms with Crippen LogP contribution in [-0.2, 0) is 0 Å². The summed E-state index contributed by atoms with van der Waals surface area (Å²) in [4.78, 5) is 4.94. The number of hydrogen-bond donors (Lipinski definition) is 2. The number of fused-ring (bicyclic) bond motifs is 1. The molecule has 2 fully saturated rings. The predicted molar refractivity (Wildman–Crippen MR) is 74.4 cm³/mol. The molecule has 2 unspecified atom stereocenters. The minimum atomic E-state index is 0.0592. The molecular weight excluding hydrogens is 240 g/mol. The molecule has 1 aromatic rings. The van der Waals surface area contributed by atoms with E-state index in [2.05, 4.69) is 16.7 Å². The van der Waals surface area contributed by atoms with E-state index in [0.29, 0.717) is 11.6 Å². The molecule has 19 heavy (non-hydrogen) atoms. The normalized spacial score (nSPS) is 26.3. The van der Waals surface area contributed by atoms with E-state index < -0.39 is 0 Å². The summed E-state index contributed by atoms with van der Waals surface area (Å²) >= 11 is 0. The molecule has 104 valence electrons. The number of rotatable bonds is 2. The van der Waals surface area contributed by atoms with E-state index in [1.165, 1.54) is 19.4 Å². The predicted octanol–water partition coefficient (Wildman–Crippen LogP) is 1.94. The highest BCUT2D eigenvalue weighted by Crippen LogP contribution is 2.37. The largest absolute Gasteiger partial charge is 0.507 e. The van der Waals surface area contributed by atoms with Crippen LogP contribution in [0.4, 0.5) is 0 Å². The molecule has 1 aromatic carbocycles. The van der Waals surface area contributed by atoms with Gasteiger partial charge in [-0.25, -0.2) is 0 Å². The van der Waals surface area contributed by atoms with E-state index in [1.807, 2.05) is 0 Å². The van der Waals surface area contributed by atoms with Gasteiger partial charge in [-0.05, 0) is 38.4 Å². The maximum Gasteiger partial charge on any atom is 0.124 e. The topological polar surface area (TPSA) is 46.9 Å². The van der Waals surface area contributed by atoms with Crippen LogP contribution in [0.1, 0.15) is 31.4 Å². The highest BCUT2D eigenvalue weighted by molar-refractivity contribution is 5.45. The van der Waals surface area contributed by atoms with Crippen LogP contribution < -0.4 is 0 Å². The van der Waals surface area contributed by atoms with Crippen molar-refractivity contribution in [3.05, 3.63) is 23.8 Å². The Morgan fingerprint density at radius 1 is 1.16 bits per heavy atom. The van der Waals surface area contributed by atoms with Crippen LogP contribution in [0.5, 0.6) is 11.5 Å². The van der Waals surface area contributed by atoms with Crippen molar-refractivity contribution in [2.24, 2.45) is 0 Å². The summed E-state index contributed by atoms with van der Waals surface area (Å²) in [5.74, 6) is 0.391. The third kappa shape index (κ3) is 2.30. The Hall–Kier alpha value is -1.26. The van der Waals surface area contributed by atoms with E-state index in [0.717, 1.165) is 19.6 Å². The lowest BCUT2D eigenvalue weighted by atomic mass is 10.0. The lowest BCUT2D eigenvalue weighted by molar-refractivity contribution is 0.0754. The fraction of sp³-hybridized carbons (Fsp3) is 0.600. The zero-order valence-electron chi connectivity index (χ0n) is 11.4. The van der Waals surface area contributed by atoms with Crippen molar-refractivity contribution in [3.8, 4) is 11.5 Å². The van der Waals surface area contributed by atoms with E-state index in [-0.39, 0.29) is 17.5 Å². The minimum absolute atomic E-state index is 0.0592. The van der Waals surface area contributed by atoms with Crippen molar-refractivity contribution in [2.75, 3.05) is 26.2 Å². The van der Waals surface area contributed by atoms with Crippen LogP contribution in [0.2, 0.25) is 0 Å². The molecular formula is C15H22N2O2. The summed E-state index contributed by atoms with van der Waals surface area (Å²) < 4.78 is 0. The molecule has 2 heterocycles. The number of piperazine rings is 1. The van der Waals surface area contributed by atoms with E-state index >= 15 is 0 Å². The number of hydrogen-bond acceptors (Lipinski definition) is 4.